The van der Waals surface area contributed by atoms with E-state index in [-0.39, 0.29) is 0 Å². The van der Waals surface area contributed by atoms with Crippen molar-refractivity contribution in [2.45, 2.75) is 34.7 Å². The summed E-state index contributed by atoms with van der Waals surface area (Å²) in [5.41, 5.74) is -0.719. The standard InChI is InChI=1S/C12H16O5S/c13-6-8-9(14)10(15)11(16)12(17-8)18-7-4-2-1-3-5-7/h1-5,8-16H,6H2/t8-,9+,10+,11-,12?/m1/s1. The van der Waals surface area contributed by atoms with E-state index in [9.17, 15) is 15.3 Å². The Bertz CT molecular complexity index is 372. The number of rotatable bonds is 3. The summed E-state index contributed by atoms with van der Waals surface area (Å²) in [6.07, 6.45) is -4.69. The molecule has 1 saturated heterocycles. The minimum absolute atomic E-state index is 0.406. The van der Waals surface area contributed by atoms with Crippen molar-refractivity contribution in [3.63, 3.8) is 0 Å². The Balaban J connectivity index is 2.08. The van der Waals surface area contributed by atoms with Gasteiger partial charge in [0.2, 0.25) is 0 Å². The molecule has 100 valence electrons. The van der Waals surface area contributed by atoms with Crippen LogP contribution in [0.3, 0.4) is 0 Å². The highest BCUT2D eigenvalue weighted by molar-refractivity contribution is 7.99. The Morgan fingerprint density at radius 3 is 2.28 bits per heavy atom. The number of thioether (sulfide) groups is 1. The number of benzene rings is 1. The maximum Gasteiger partial charge on any atom is 0.136 e. The van der Waals surface area contributed by atoms with E-state index < -0.39 is 36.5 Å². The Kier molecular flexibility index (Phi) is 4.60. The average Bonchev–Trinajstić information content (AvgIpc) is 2.40. The first-order valence-corrected chi connectivity index (χ1v) is 6.53. The van der Waals surface area contributed by atoms with Crippen molar-refractivity contribution in [1.29, 1.82) is 0 Å². The first-order valence-electron chi connectivity index (χ1n) is 5.65. The molecule has 18 heavy (non-hydrogen) atoms. The van der Waals surface area contributed by atoms with E-state index in [4.69, 9.17) is 9.84 Å². The molecule has 0 radical (unpaired) electrons. The number of aliphatic hydroxyl groups is 4. The highest BCUT2D eigenvalue weighted by Crippen LogP contribution is 2.32. The van der Waals surface area contributed by atoms with Gasteiger partial charge in [-0.25, -0.2) is 0 Å². The van der Waals surface area contributed by atoms with E-state index >= 15 is 0 Å². The molecule has 0 bridgehead atoms. The Morgan fingerprint density at radius 1 is 1.00 bits per heavy atom. The third-order valence-corrected chi connectivity index (χ3v) is 4.01. The zero-order valence-electron chi connectivity index (χ0n) is 9.59. The molecule has 0 aliphatic carbocycles. The van der Waals surface area contributed by atoms with Crippen LogP contribution in [0.15, 0.2) is 35.2 Å². The van der Waals surface area contributed by atoms with Crippen molar-refractivity contribution >= 4 is 11.8 Å². The highest BCUT2D eigenvalue weighted by Gasteiger charge is 2.43. The highest BCUT2D eigenvalue weighted by atomic mass is 32.2. The molecule has 0 saturated carbocycles. The van der Waals surface area contributed by atoms with Gasteiger partial charge in [-0.1, -0.05) is 30.0 Å². The lowest BCUT2D eigenvalue weighted by Gasteiger charge is -2.39. The van der Waals surface area contributed by atoms with Crippen LogP contribution in [0.1, 0.15) is 0 Å². The van der Waals surface area contributed by atoms with E-state index in [2.05, 4.69) is 0 Å². The van der Waals surface area contributed by atoms with Gasteiger partial charge in [0.05, 0.1) is 6.61 Å². The molecule has 4 N–H and O–H groups in total. The second-order valence-electron chi connectivity index (χ2n) is 4.13. The van der Waals surface area contributed by atoms with Crippen molar-refractivity contribution < 1.29 is 25.2 Å². The monoisotopic (exact) mass is 272 g/mol. The maximum absolute atomic E-state index is 9.85. The number of ether oxygens (including phenoxy) is 1. The fraction of sp³-hybridized carbons (Fsp3) is 0.500. The largest absolute Gasteiger partial charge is 0.394 e. The van der Waals surface area contributed by atoms with Crippen LogP contribution in [0.4, 0.5) is 0 Å². The lowest BCUT2D eigenvalue weighted by atomic mass is 10.0. The second-order valence-corrected chi connectivity index (χ2v) is 5.30. The Hall–Kier alpha value is -0.630. The predicted octanol–water partition coefficient (Wildman–Crippen LogP) is -0.421. The zero-order valence-corrected chi connectivity index (χ0v) is 10.4. The summed E-state index contributed by atoms with van der Waals surface area (Å²) in [4.78, 5) is 0.877. The fourth-order valence-corrected chi connectivity index (χ4v) is 2.88. The molecule has 1 aliphatic heterocycles. The van der Waals surface area contributed by atoms with Gasteiger partial charge in [0.15, 0.2) is 0 Å². The molecule has 0 amide bonds. The number of hydrogen-bond donors (Lipinski definition) is 4. The van der Waals surface area contributed by atoms with Crippen LogP contribution in [-0.4, -0.2) is 56.9 Å². The predicted molar refractivity (Wildman–Crippen MR) is 66.1 cm³/mol. The Labute approximate surface area is 109 Å². The van der Waals surface area contributed by atoms with Gasteiger partial charge in [0.1, 0.15) is 29.9 Å². The summed E-state index contributed by atoms with van der Waals surface area (Å²) < 4.78 is 5.39. The smallest absolute Gasteiger partial charge is 0.136 e. The summed E-state index contributed by atoms with van der Waals surface area (Å²) in [5.74, 6) is 0. The summed E-state index contributed by atoms with van der Waals surface area (Å²) >= 11 is 1.24. The maximum atomic E-state index is 9.85. The molecule has 1 aromatic rings. The van der Waals surface area contributed by atoms with Crippen LogP contribution in [0.2, 0.25) is 0 Å². The summed E-state index contributed by atoms with van der Waals surface area (Å²) in [6, 6.07) is 9.29. The molecule has 0 spiro atoms. The molecule has 1 fully saturated rings. The molecular weight excluding hydrogens is 256 g/mol. The summed E-state index contributed by atoms with van der Waals surface area (Å²) in [6.45, 7) is -0.406. The molecule has 1 unspecified atom stereocenters. The number of aliphatic hydroxyl groups excluding tert-OH is 4. The van der Waals surface area contributed by atoms with Gasteiger partial charge in [0, 0.05) is 4.90 Å². The van der Waals surface area contributed by atoms with Gasteiger partial charge >= 0.3 is 0 Å². The van der Waals surface area contributed by atoms with E-state index in [0.717, 1.165) is 4.90 Å². The fourth-order valence-electron chi connectivity index (χ4n) is 1.80. The van der Waals surface area contributed by atoms with E-state index in [1.807, 2.05) is 30.3 Å². The van der Waals surface area contributed by atoms with E-state index in [0.29, 0.717) is 0 Å². The summed E-state index contributed by atoms with van der Waals surface area (Å²) in [5, 5.41) is 38.2. The minimum atomic E-state index is -1.32. The number of hydrogen-bond acceptors (Lipinski definition) is 6. The SMILES string of the molecule is OC[C@H]1OC(Sc2ccccc2)[C@H](O)[C@@H](O)[C@H]1O. The molecule has 1 aliphatic rings. The van der Waals surface area contributed by atoms with Crippen molar-refractivity contribution in [2.24, 2.45) is 0 Å². The average molecular weight is 272 g/mol. The molecule has 5 atom stereocenters. The lowest BCUT2D eigenvalue weighted by Crippen LogP contribution is -2.57. The molecule has 6 heteroatoms. The molecule has 5 nitrogen and oxygen atoms in total. The van der Waals surface area contributed by atoms with E-state index in [1.54, 1.807) is 0 Å². The molecule has 0 aromatic heterocycles. The van der Waals surface area contributed by atoms with Gasteiger partial charge in [-0.15, -0.1) is 0 Å². The van der Waals surface area contributed by atoms with Gasteiger partial charge in [0.25, 0.3) is 0 Å². The van der Waals surface area contributed by atoms with Crippen LogP contribution >= 0.6 is 11.8 Å². The minimum Gasteiger partial charge on any atom is -0.394 e. The molecule has 1 aromatic carbocycles. The first-order chi connectivity index (χ1) is 8.63. The zero-order chi connectivity index (χ0) is 13.1. The van der Waals surface area contributed by atoms with Gasteiger partial charge in [-0.05, 0) is 12.1 Å². The van der Waals surface area contributed by atoms with Crippen LogP contribution in [0, 0.1) is 0 Å². The first kappa shape index (κ1) is 13.8. The van der Waals surface area contributed by atoms with Crippen molar-refractivity contribution in [3.8, 4) is 0 Å². The van der Waals surface area contributed by atoms with Crippen molar-refractivity contribution in [3.05, 3.63) is 30.3 Å². The third kappa shape index (κ3) is 2.85. The van der Waals surface area contributed by atoms with Crippen LogP contribution in [0.5, 0.6) is 0 Å². The molecule has 2 rings (SSSR count). The van der Waals surface area contributed by atoms with Gasteiger partial charge < -0.3 is 25.2 Å². The van der Waals surface area contributed by atoms with Crippen molar-refractivity contribution in [2.75, 3.05) is 6.61 Å². The second kappa shape index (κ2) is 6.01. The molecule has 1 heterocycles. The third-order valence-electron chi connectivity index (χ3n) is 2.84. The Morgan fingerprint density at radius 2 is 1.67 bits per heavy atom. The topological polar surface area (TPSA) is 90.2 Å². The quantitative estimate of drug-likeness (QED) is 0.597. The summed E-state index contributed by atoms with van der Waals surface area (Å²) in [7, 11) is 0. The molecular formula is C12H16O5S. The normalized spacial score (nSPS) is 36.6. The van der Waals surface area contributed by atoms with E-state index in [1.165, 1.54) is 11.8 Å². The van der Waals surface area contributed by atoms with Crippen LogP contribution < -0.4 is 0 Å². The lowest BCUT2D eigenvalue weighted by molar-refractivity contribution is -0.205. The van der Waals surface area contributed by atoms with Crippen LogP contribution in [-0.2, 0) is 4.74 Å². The van der Waals surface area contributed by atoms with Crippen molar-refractivity contribution in [1.82, 2.24) is 0 Å². The van der Waals surface area contributed by atoms with Gasteiger partial charge in [-0.2, -0.15) is 0 Å². The van der Waals surface area contributed by atoms with Crippen LogP contribution in [0.25, 0.3) is 0 Å². The van der Waals surface area contributed by atoms with Gasteiger partial charge in [-0.3, -0.25) is 0 Å².